The lowest BCUT2D eigenvalue weighted by Crippen LogP contribution is -2.44. The van der Waals surface area contributed by atoms with Gasteiger partial charge in [-0.05, 0) is 34.1 Å². The molecule has 0 amide bonds. The van der Waals surface area contributed by atoms with E-state index in [1.54, 1.807) is 0 Å². The summed E-state index contributed by atoms with van der Waals surface area (Å²) in [5.74, 6) is -0.609. The highest BCUT2D eigenvalue weighted by atomic mass is 16.5. The molecule has 1 rings (SSSR count). The first-order valence-corrected chi connectivity index (χ1v) is 14.2. The van der Waals surface area contributed by atoms with Crippen LogP contribution in [0.15, 0.2) is 0 Å². The third-order valence-electron chi connectivity index (χ3n) is 6.57. The molecule has 45 heavy (non-hydrogen) atoms. The van der Waals surface area contributed by atoms with E-state index in [1.807, 2.05) is 0 Å². The van der Waals surface area contributed by atoms with Gasteiger partial charge < -0.3 is 96.7 Å². The molecule has 18 N–H and O–H groups in total. The van der Waals surface area contributed by atoms with Crippen LogP contribution in [0.3, 0.4) is 0 Å². The standard InChI is InChI=1S/C8H16O5.2C6H14O5.C6H14O4/c9-3-7(11)5-4-13-2-1-6(10)8(5)12;2*1-3(8)5(10)6(11)4(9)2-7;1-3(7)5(9)6(10)4(2)8/h5-12H,1-4H2;2*3-11H,2H2,1H3;3-10H,1-2H3. The summed E-state index contributed by atoms with van der Waals surface area (Å²) >= 11 is 0. The minimum atomic E-state index is -1.51. The van der Waals surface area contributed by atoms with Crippen LogP contribution in [0.1, 0.15) is 34.1 Å². The molecule has 0 bridgehead atoms. The molecule has 0 aromatic heterocycles. The van der Waals surface area contributed by atoms with Crippen molar-refractivity contribution in [2.45, 2.75) is 126 Å². The van der Waals surface area contributed by atoms with E-state index in [-0.39, 0.29) is 6.61 Å². The normalized spacial score (nSPS) is 27.2. The van der Waals surface area contributed by atoms with Gasteiger partial charge in [-0.25, -0.2) is 0 Å². The molecular formula is C26H58O19. The summed E-state index contributed by atoms with van der Waals surface area (Å²) in [7, 11) is 0. The average molecular weight is 675 g/mol. The van der Waals surface area contributed by atoms with Crippen molar-refractivity contribution in [3.05, 3.63) is 0 Å². The zero-order valence-corrected chi connectivity index (χ0v) is 25.9. The van der Waals surface area contributed by atoms with Gasteiger partial charge in [-0.2, -0.15) is 0 Å². The molecule has 0 saturated carbocycles. The molecule has 1 aliphatic heterocycles. The van der Waals surface area contributed by atoms with Crippen LogP contribution >= 0.6 is 0 Å². The maximum Gasteiger partial charge on any atom is 0.110 e. The quantitative estimate of drug-likeness (QED) is 0.0862. The Hall–Kier alpha value is -0.760. The van der Waals surface area contributed by atoms with E-state index in [9.17, 15) is 15.3 Å². The maximum absolute atomic E-state index is 9.52. The first-order chi connectivity index (χ1) is 20.6. The first-order valence-electron chi connectivity index (χ1n) is 14.2. The fourth-order valence-electron chi connectivity index (χ4n) is 3.26. The largest absolute Gasteiger partial charge is 0.394 e. The molecule has 1 fully saturated rings. The van der Waals surface area contributed by atoms with Crippen LogP contribution < -0.4 is 0 Å². The number of aliphatic hydroxyl groups is 18. The van der Waals surface area contributed by atoms with Crippen molar-refractivity contribution in [1.82, 2.24) is 0 Å². The van der Waals surface area contributed by atoms with Crippen LogP contribution in [0, 0.1) is 5.92 Å². The van der Waals surface area contributed by atoms with E-state index in [1.165, 1.54) is 27.7 Å². The lowest BCUT2D eigenvalue weighted by molar-refractivity contribution is -0.110. The minimum Gasteiger partial charge on any atom is -0.394 e. The number of aliphatic hydroxyl groups excluding tert-OH is 18. The molecular weight excluding hydrogens is 616 g/mol. The van der Waals surface area contributed by atoms with Gasteiger partial charge in [-0.3, -0.25) is 0 Å². The minimum absolute atomic E-state index is 0.167. The first kappa shape index (κ1) is 48.6. The second-order valence-corrected chi connectivity index (χ2v) is 10.7. The average Bonchev–Trinajstić information content (AvgIpc) is 3.17. The van der Waals surface area contributed by atoms with Gasteiger partial charge in [-0.15, -0.1) is 0 Å². The van der Waals surface area contributed by atoms with E-state index >= 15 is 0 Å². The van der Waals surface area contributed by atoms with Crippen molar-refractivity contribution in [3.63, 3.8) is 0 Å². The SMILES string of the molecule is CC(O)C(O)C(O)C(C)O.CC(O)C(O)C(O)C(O)CO.CC(O)C(O)C(O)C(O)CO.OCC(O)C1COCCC(O)C1O. The van der Waals surface area contributed by atoms with Gasteiger partial charge in [0.2, 0.25) is 0 Å². The van der Waals surface area contributed by atoms with Crippen molar-refractivity contribution in [3.8, 4) is 0 Å². The molecule has 0 aliphatic carbocycles. The molecule has 0 aromatic rings. The molecule has 19 heteroatoms. The predicted octanol–water partition coefficient (Wildman–Crippen LogP) is -8.55. The molecule has 16 unspecified atom stereocenters. The molecule has 16 atom stereocenters. The Morgan fingerprint density at radius 1 is 0.511 bits per heavy atom. The number of hydrogen-bond acceptors (Lipinski definition) is 19. The highest BCUT2D eigenvalue weighted by molar-refractivity contribution is 4.83. The lowest BCUT2D eigenvalue weighted by atomic mass is 9.93. The van der Waals surface area contributed by atoms with Crippen LogP contribution in [-0.4, -0.2) is 217 Å². The van der Waals surface area contributed by atoms with Crippen molar-refractivity contribution < 1.29 is 96.7 Å². The summed E-state index contributed by atoms with van der Waals surface area (Å²) in [6.45, 7) is 4.04. The van der Waals surface area contributed by atoms with Gasteiger partial charge in [0.25, 0.3) is 0 Å². The molecule has 276 valence electrons. The summed E-state index contributed by atoms with van der Waals surface area (Å²) in [5.41, 5.74) is 0. The highest BCUT2D eigenvalue weighted by Crippen LogP contribution is 2.19. The van der Waals surface area contributed by atoms with Gasteiger partial charge in [-0.1, -0.05) is 0 Å². The molecule has 1 aliphatic rings. The molecule has 19 nitrogen and oxygen atoms in total. The summed E-state index contributed by atoms with van der Waals surface area (Å²) in [4.78, 5) is 0. The van der Waals surface area contributed by atoms with Crippen LogP contribution in [0.25, 0.3) is 0 Å². The Balaban J connectivity index is -0.000000526. The number of hydrogen-bond donors (Lipinski definition) is 18. The number of rotatable bonds is 13. The zero-order valence-electron chi connectivity index (χ0n) is 25.9. The van der Waals surface area contributed by atoms with Gasteiger partial charge in [0.05, 0.1) is 69.2 Å². The van der Waals surface area contributed by atoms with Gasteiger partial charge in [0.1, 0.15) is 48.8 Å². The number of ether oxygens (including phenoxy) is 1. The van der Waals surface area contributed by atoms with E-state index in [2.05, 4.69) is 0 Å². The summed E-state index contributed by atoms with van der Waals surface area (Å²) < 4.78 is 5.08. The smallest absolute Gasteiger partial charge is 0.110 e. The Morgan fingerprint density at radius 2 is 0.822 bits per heavy atom. The molecule has 0 radical (unpaired) electrons. The maximum atomic E-state index is 9.52. The van der Waals surface area contributed by atoms with Crippen LogP contribution in [0.4, 0.5) is 0 Å². The topological polar surface area (TPSA) is 373 Å². The van der Waals surface area contributed by atoms with Crippen molar-refractivity contribution >= 4 is 0 Å². The summed E-state index contributed by atoms with van der Waals surface area (Å²) in [6.07, 6.45) is -18.2. The van der Waals surface area contributed by atoms with E-state index in [0.29, 0.717) is 13.0 Å². The van der Waals surface area contributed by atoms with Crippen molar-refractivity contribution in [2.75, 3.05) is 33.0 Å². The Kier molecular flexibility index (Phi) is 28.3. The second kappa shape index (κ2) is 26.2. The zero-order chi connectivity index (χ0) is 36.2. The molecule has 1 heterocycles. The van der Waals surface area contributed by atoms with E-state index < -0.39 is 117 Å². The lowest BCUT2D eigenvalue weighted by Gasteiger charge is -2.26. The van der Waals surface area contributed by atoms with Gasteiger partial charge in [0.15, 0.2) is 0 Å². The van der Waals surface area contributed by atoms with Gasteiger partial charge in [0, 0.05) is 12.5 Å². The molecule has 0 spiro atoms. The van der Waals surface area contributed by atoms with Crippen LogP contribution in [-0.2, 0) is 4.74 Å². The summed E-state index contributed by atoms with van der Waals surface area (Å²) in [6, 6.07) is 0. The Bertz CT molecular complexity index is 634. The third-order valence-corrected chi connectivity index (χ3v) is 6.57. The Morgan fingerprint density at radius 3 is 1.09 bits per heavy atom. The Labute approximate surface area is 261 Å². The highest BCUT2D eigenvalue weighted by Gasteiger charge is 2.34. The monoisotopic (exact) mass is 674 g/mol. The van der Waals surface area contributed by atoms with E-state index in [0.717, 1.165) is 0 Å². The molecule has 1 saturated heterocycles. The molecule has 0 aromatic carbocycles. The van der Waals surface area contributed by atoms with Crippen LogP contribution in [0.2, 0.25) is 0 Å². The predicted molar refractivity (Wildman–Crippen MR) is 153 cm³/mol. The van der Waals surface area contributed by atoms with Gasteiger partial charge >= 0.3 is 0 Å². The fourth-order valence-corrected chi connectivity index (χ4v) is 3.26. The third kappa shape index (κ3) is 20.3. The second-order valence-electron chi connectivity index (χ2n) is 10.7. The van der Waals surface area contributed by atoms with Crippen molar-refractivity contribution in [2.24, 2.45) is 5.92 Å². The summed E-state index contributed by atoms with van der Waals surface area (Å²) in [5, 5.41) is 160. The van der Waals surface area contributed by atoms with E-state index in [4.69, 9.17) is 81.3 Å². The fraction of sp³-hybridized carbons (Fsp3) is 1.00. The van der Waals surface area contributed by atoms with Crippen molar-refractivity contribution in [1.29, 1.82) is 0 Å². The van der Waals surface area contributed by atoms with Crippen LogP contribution in [0.5, 0.6) is 0 Å².